The molecule has 0 bridgehead atoms. The first kappa shape index (κ1) is 7.09. The van der Waals surface area contributed by atoms with Crippen LogP contribution in [0.4, 0.5) is 0 Å². The molecule has 0 unspecified atom stereocenters. The highest BCUT2D eigenvalue weighted by Gasteiger charge is 2.25. The number of rotatable bonds is 1. The molecule has 62 valence electrons. The second-order valence-electron chi connectivity index (χ2n) is 2.64. The average molecular weight is 165 g/mol. The van der Waals surface area contributed by atoms with Gasteiger partial charge in [0.1, 0.15) is 6.26 Å². The van der Waals surface area contributed by atoms with E-state index in [0.717, 1.165) is 13.1 Å². The third-order valence-corrected chi connectivity index (χ3v) is 1.68. The molecular formula is C8H7NO3. The van der Waals surface area contributed by atoms with Crippen molar-refractivity contribution in [1.82, 2.24) is 4.90 Å². The Labute approximate surface area is 68.4 Å². The number of nitrogens with zero attached hydrogens (tertiary/aromatic N) is 1. The molecule has 0 saturated carbocycles. The van der Waals surface area contributed by atoms with Gasteiger partial charge in [0.15, 0.2) is 0 Å². The third-order valence-electron chi connectivity index (χ3n) is 1.68. The van der Waals surface area contributed by atoms with Gasteiger partial charge in [-0.15, -0.1) is 0 Å². The highest BCUT2D eigenvalue weighted by Crippen LogP contribution is 2.10. The minimum atomic E-state index is -0.433. The summed E-state index contributed by atoms with van der Waals surface area (Å²) in [6.07, 6.45) is 1.20. The topological polar surface area (TPSA) is 50.3 Å². The lowest BCUT2D eigenvalue weighted by Gasteiger charge is -1.97. The van der Waals surface area contributed by atoms with E-state index in [9.17, 15) is 9.59 Å². The first-order valence-electron chi connectivity index (χ1n) is 3.65. The zero-order chi connectivity index (χ0) is 8.55. The van der Waals surface area contributed by atoms with E-state index in [1.54, 1.807) is 4.90 Å². The van der Waals surface area contributed by atoms with E-state index in [-0.39, 0.29) is 5.91 Å². The van der Waals surface area contributed by atoms with Crippen LogP contribution in [-0.2, 0) is 0 Å². The molecule has 1 amide bonds. The smallest absolute Gasteiger partial charge is 0.335 e. The fourth-order valence-electron chi connectivity index (χ4n) is 0.915. The maximum absolute atomic E-state index is 11.3. The van der Waals surface area contributed by atoms with Crippen molar-refractivity contribution in [2.75, 3.05) is 13.1 Å². The van der Waals surface area contributed by atoms with Gasteiger partial charge in [-0.05, 0) is 6.07 Å². The number of carbonyl (C=O) groups is 1. The van der Waals surface area contributed by atoms with E-state index in [1.807, 2.05) is 0 Å². The summed E-state index contributed by atoms with van der Waals surface area (Å²) in [6, 6.07) is 2.73. The van der Waals surface area contributed by atoms with Crippen molar-refractivity contribution in [2.45, 2.75) is 0 Å². The van der Waals surface area contributed by atoms with Crippen molar-refractivity contribution in [3.63, 3.8) is 0 Å². The summed E-state index contributed by atoms with van der Waals surface area (Å²) in [5.41, 5.74) is 0.00412. The number of hydrogen-bond donors (Lipinski definition) is 0. The van der Waals surface area contributed by atoms with Crippen LogP contribution in [-0.4, -0.2) is 23.9 Å². The molecule has 4 nitrogen and oxygen atoms in total. The lowest BCUT2D eigenvalue weighted by molar-refractivity contribution is 0.0883. The van der Waals surface area contributed by atoms with Crippen LogP contribution in [0.2, 0.25) is 0 Å². The fraction of sp³-hybridized carbons (Fsp3) is 0.250. The maximum Gasteiger partial charge on any atom is 0.335 e. The van der Waals surface area contributed by atoms with Gasteiger partial charge in [0.25, 0.3) is 5.91 Å². The Morgan fingerprint density at radius 1 is 1.42 bits per heavy atom. The Balaban J connectivity index is 2.27. The molecule has 1 aliphatic rings. The molecule has 0 radical (unpaired) electrons. The zero-order valence-electron chi connectivity index (χ0n) is 6.32. The van der Waals surface area contributed by atoms with Crippen molar-refractivity contribution in [3.05, 3.63) is 34.4 Å². The number of carbonyl (C=O) groups excluding carboxylic acids is 1. The molecule has 1 aliphatic heterocycles. The summed E-state index contributed by atoms with van der Waals surface area (Å²) < 4.78 is 4.55. The van der Waals surface area contributed by atoms with Gasteiger partial charge >= 0.3 is 5.63 Å². The minimum absolute atomic E-state index is 0.0706. The van der Waals surface area contributed by atoms with Crippen molar-refractivity contribution >= 4 is 5.91 Å². The lowest BCUT2D eigenvalue weighted by atomic mass is 10.3. The van der Waals surface area contributed by atoms with E-state index < -0.39 is 5.63 Å². The van der Waals surface area contributed by atoms with E-state index in [0.29, 0.717) is 5.56 Å². The summed E-state index contributed by atoms with van der Waals surface area (Å²) in [6.45, 7) is 1.61. The number of amides is 1. The first-order valence-corrected chi connectivity index (χ1v) is 3.65. The van der Waals surface area contributed by atoms with E-state index in [4.69, 9.17) is 0 Å². The van der Waals surface area contributed by atoms with Crippen molar-refractivity contribution in [3.8, 4) is 0 Å². The van der Waals surface area contributed by atoms with Crippen LogP contribution in [0.25, 0.3) is 0 Å². The quantitative estimate of drug-likeness (QED) is 0.554. The highest BCUT2D eigenvalue weighted by atomic mass is 16.4. The highest BCUT2D eigenvalue weighted by molar-refractivity contribution is 5.95. The van der Waals surface area contributed by atoms with Crippen LogP contribution in [0, 0.1) is 0 Å². The molecule has 4 heteroatoms. The summed E-state index contributed by atoms with van der Waals surface area (Å²) in [5.74, 6) is -0.0706. The van der Waals surface area contributed by atoms with Crippen LogP contribution >= 0.6 is 0 Å². The predicted octanol–water partition coefficient (Wildman–Crippen LogP) is 0.0956. The predicted molar refractivity (Wildman–Crippen MR) is 40.9 cm³/mol. The van der Waals surface area contributed by atoms with Gasteiger partial charge in [0.05, 0.1) is 5.56 Å². The summed E-state index contributed by atoms with van der Waals surface area (Å²) in [7, 11) is 0. The van der Waals surface area contributed by atoms with Gasteiger partial charge in [-0.2, -0.15) is 0 Å². The molecule has 1 fully saturated rings. The van der Waals surface area contributed by atoms with E-state index in [1.165, 1.54) is 18.4 Å². The Kier molecular flexibility index (Phi) is 1.46. The molecule has 12 heavy (non-hydrogen) atoms. The Morgan fingerprint density at radius 2 is 2.17 bits per heavy atom. The van der Waals surface area contributed by atoms with Crippen LogP contribution in [0.1, 0.15) is 10.4 Å². The second kappa shape index (κ2) is 2.48. The van der Waals surface area contributed by atoms with Gasteiger partial charge in [0, 0.05) is 19.2 Å². The molecule has 0 atom stereocenters. The van der Waals surface area contributed by atoms with Gasteiger partial charge < -0.3 is 9.32 Å². The van der Waals surface area contributed by atoms with Crippen LogP contribution in [0.5, 0.6) is 0 Å². The third kappa shape index (κ3) is 1.23. The summed E-state index contributed by atoms with van der Waals surface area (Å²) >= 11 is 0. The molecule has 1 aromatic heterocycles. The molecule has 0 N–H and O–H groups in total. The van der Waals surface area contributed by atoms with Gasteiger partial charge in [-0.25, -0.2) is 4.79 Å². The Morgan fingerprint density at radius 3 is 2.67 bits per heavy atom. The Bertz CT molecular complexity index is 344. The monoisotopic (exact) mass is 165 g/mol. The summed E-state index contributed by atoms with van der Waals surface area (Å²) in [4.78, 5) is 23.5. The molecule has 0 aromatic carbocycles. The molecule has 0 spiro atoms. The molecular weight excluding hydrogens is 158 g/mol. The van der Waals surface area contributed by atoms with Crippen molar-refractivity contribution < 1.29 is 9.21 Å². The first-order chi connectivity index (χ1) is 5.77. The van der Waals surface area contributed by atoms with E-state index in [2.05, 4.69) is 4.42 Å². The standard InChI is InChI=1S/C8H7NO3/c10-7-2-1-6(5-12-7)8(11)9-3-4-9/h1-2,5H,3-4H2. The van der Waals surface area contributed by atoms with E-state index >= 15 is 0 Å². The van der Waals surface area contributed by atoms with Crippen LogP contribution < -0.4 is 5.63 Å². The van der Waals surface area contributed by atoms with Gasteiger partial charge in [0.2, 0.25) is 0 Å². The van der Waals surface area contributed by atoms with Crippen molar-refractivity contribution in [1.29, 1.82) is 0 Å². The summed E-state index contributed by atoms with van der Waals surface area (Å²) in [5, 5.41) is 0. The van der Waals surface area contributed by atoms with Crippen molar-refractivity contribution in [2.24, 2.45) is 0 Å². The zero-order valence-corrected chi connectivity index (χ0v) is 6.32. The molecule has 0 aliphatic carbocycles. The van der Waals surface area contributed by atoms with Crippen LogP contribution in [0.15, 0.2) is 27.6 Å². The normalized spacial score (nSPS) is 14.5. The SMILES string of the molecule is O=C(c1ccc(=O)oc1)N1CC1. The maximum atomic E-state index is 11.3. The largest absolute Gasteiger partial charge is 0.430 e. The molecule has 1 saturated heterocycles. The molecule has 2 rings (SSSR count). The van der Waals surface area contributed by atoms with Gasteiger partial charge in [-0.1, -0.05) is 0 Å². The average Bonchev–Trinajstić information content (AvgIpc) is 2.87. The minimum Gasteiger partial charge on any atom is -0.430 e. The molecule has 1 aromatic rings. The molecule has 2 heterocycles. The second-order valence-corrected chi connectivity index (χ2v) is 2.64. The van der Waals surface area contributed by atoms with Crippen LogP contribution in [0.3, 0.4) is 0 Å². The fourth-order valence-corrected chi connectivity index (χ4v) is 0.915. The lowest BCUT2D eigenvalue weighted by Crippen LogP contribution is -2.11. The van der Waals surface area contributed by atoms with Gasteiger partial charge in [-0.3, -0.25) is 4.79 Å². The number of hydrogen-bond acceptors (Lipinski definition) is 3. The Hall–Kier alpha value is -1.58.